The second-order valence-electron chi connectivity index (χ2n) is 15.2. The topological polar surface area (TPSA) is 0 Å². The quantitative estimate of drug-likeness (QED) is 0.225. The molecule has 2 saturated carbocycles. The first-order chi connectivity index (χ1) is 21.4. The zero-order valence-corrected chi connectivity index (χ0v) is 27.7. The van der Waals surface area contributed by atoms with Crippen LogP contribution in [0.4, 0.5) is 0 Å². The van der Waals surface area contributed by atoms with E-state index in [1.54, 1.807) is 22.3 Å². The third-order valence-electron chi connectivity index (χ3n) is 11.8. The monoisotopic (exact) mass is 580 g/mol. The number of benzene rings is 4. The minimum Gasteiger partial charge on any atom is -0.0617 e. The maximum Gasteiger partial charge on any atom is 0.0271 e. The van der Waals surface area contributed by atoms with Crippen molar-refractivity contribution in [3.8, 4) is 0 Å². The Morgan fingerprint density at radius 2 is 0.977 bits per heavy atom. The van der Waals surface area contributed by atoms with E-state index in [4.69, 9.17) is 0 Å². The van der Waals surface area contributed by atoms with Crippen LogP contribution in [0.2, 0.25) is 0 Å². The molecule has 0 heteroatoms. The van der Waals surface area contributed by atoms with E-state index in [2.05, 4.69) is 113 Å². The molecule has 0 aromatic heterocycles. The summed E-state index contributed by atoms with van der Waals surface area (Å²) in [5, 5.41) is 0. The van der Waals surface area contributed by atoms with Crippen LogP contribution in [0, 0.1) is 51.4 Å². The van der Waals surface area contributed by atoms with Gasteiger partial charge in [-0.15, -0.1) is 0 Å². The second kappa shape index (κ2) is 12.3. The number of rotatable bonds is 4. The van der Waals surface area contributed by atoms with Crippen LogP contribution in [-0.4, -0.2) is 0 Å². The number of hydrogen-bond acceptors (Lipinski definition) is 0. The van der Waals surface area contributed by atoms with Crippen molar-refractivity contribution >= 4 is 0 Å². The van der Waals surface area contributed by atoms with Gasteiger partial charge in [0, 0.05) is 5.41 Å². The first kappa shape index (κ1) is 29.6. The first-order valence-corrected chi connectivity index (χ1v) is 17.7. The van der Waals surface area contributed by atoms with Crippen molar-refractivity contribution in [2.24, 2.45) is 23.7 Å². The van der Waals surface area contributed by atoms with Crippen LogP contribution < -0.4 is 0 Å². The van der Waals surface area contributed by atoms with Crippen molar-refractivity contribution in [1.82, 2.24) is 0 Å². The zero-order chi connectivity index (χ0) is 30.3. The van der Waals surface area contributed by atoms with Gasteiger partial charge in [0.05, 0.1) is 0 Å². The van der Waals surface area contributed by atoms with Crippen molar-refractivity contribution in [3.05, 3.63) is 141 Å². The molecule has 4 atom stereocenters. The summed E-state index contributed by atoms with van der Waals surface area (Å²) in [4.78, 5) is 0. The van der Waals surface area contributed by atoms with Gasteiger partial charge in [-0.1, -0.05) is 133 Å². The van der Waals surface area contributed by atoms with Crippen molar-refractivity contribution in [2.75, 3.05) is 0 Å². The Morgan fingerprint density at radius 3 is 1.45 bits per heavy atom. The largest absolute Gasteiger partial charge is 0.0617 e. The molecule has 0 aliphatic heterocycles. The van der Waals surface area contributed by atoms with E-state index in [1.165, 1.54) is 104 Å². The summed E-state index contributed by atoms with van der Waals surface area (Å²) in [6.07, 6.45) is 15.1. The molecule has 4 aliphatic rings. The molecule has 228 valence electrons. The van der Waals surface area contributed by atoms with Crippen molar-refractivity contribution in [1.29, 1.82) is 0 Å². The molecule has 0 heterocycles. The summed E-state index contributed by atoms with van der Waals surface area (Å²) in [5.41, 5.74) is 15.7. The lowest BCUT2D eigenvalue weighted by molar-refractivity contribution is 0.176. The summed E-state index contributed by atoms with van der Waals surface area (Å²) in [5.74, 6) is 3.44. The van der Waals surface area contributed by atoms with Crippen molar-refractivity contribution < 1.29 is 0 Å². The molecule has 1 spiro atoms. The van der Waals surface area contributed by atoms with Gasteiger partial charge in [-0.25, -0.2) is 0 Å². The molecule has 0 unspecified atom stereocenters. The standard InChI is InChI=1S/C22H24.C22H28/c1-14-6-8-20-16(10-14)12-18-4-3-5-19-13-17-11-15(2)7-9-21(17)22(18,19)20;1-17-6-3-8-19(12-17)14-21-10-5-11-22(16-21)15-20-9-4-7-18(2)13-20/h6-11,18-19H,3-5,12-13H2,1-2H3;3-4,6-9,12-13,21-22H,5,10-11,14-16H2,1-2H3/t18-,19-,22?;21-,22-/m00/s1. The minimum absolute atomic E-state index is 0.352. The van der Waals surface area contributed by atoms with Gasteiger partial charge in [0.1, 0.15) is 0 Å². The molecule has 4 aliphatic carbocycles. The Hall–Kier alpha value is -3.12. The Bertz CT molecular complexity index is 1500. The Kier molecular flexibility index (Phi) is 8.30. The molecule has 0 N–H and O–H groups in total. The van der Waals surface area contributed by atoms with Gasteiger partial charge in [-0.05, 0) is 130 Å². The molecule has 0 nitrogen and oxygen atoms in total. The highest BCUT2D eigenvalue weighted by molar-refractivity contribution is 5.57. The van der Waals surface area contributed by atoms with Crippen LogP contribution >= 0.6 is 0 Å². The molecule has 8 rings (SSSR count). The van der Waals surface area contributed by atoms with Crippen LogP contribution in [0.1, 0.15) is 101 Å². The van der Waals surface area contributed by atoms with Crippen LogP contribution in [0.3, 0.4) is 0 Å². The number of hydrogen-bond donors (Lipinski definition) is 0. The van der Waals surface area contributed by atoms with E-state index in [9.17, 15) is 0 Å². The Balaban J connectivity index is 0.000000142. The molecule has 44 heavy (non-hydrogen) atoms. The van der Waals surface area contributed by atoms with Gasteiger partial charge < -0.3 is 0 Å². The first-order valence-electron chi connectivity index (χ1n) is 17.7. The molecule has 2 fully saturated rings. The van der Waals surface area contributed by atoms with Gasteiger partial charge >= 0.3 is 0 Å². The predicted molar refractivity (Wildman–Crippen MR) is 187 cm³/mol. The maximum atomic E-state index is 2.47. The van der Waals surface area contributed by atoms with Crippen LogP contribution in [0.5, 0.6) is 0 Å². The molecular weight excluding hydrogens is 528 g/mol. The highest BCUT2D eigenvalue weighted by Crippen LogP contribution is 2.62. The predicted octanol–water partition coefficient (Wildman–Crippen LogP) is 11.0. The van der Waals surface area contributed by atoms with Gasteiger partial charge in [0.25, 0.3) is 0 Å². The second-order valence-corrected chi connectivity index (χ2v) is 15.2. The molecule has 0 radical (unpaired) electrons. The van der Waals surface area contributed by atoms with Gasteiger partial charge in [-0.3, -0.25) is 0 Å². The summed E-state index contributed by atoms with van der Waals surface area (Å²) >= 11 is 0. The van der Waals surface area contributed by atoms with Crippen LogP contribution in [0.25, 0.3) is 0 Å². The molecular formula is C44H52. The van der Waals surface area contributed by atoms with E-state index < -0.39 is 0 Å². The Morgan fingerprint density at radius 1 is 0.523 bits per heavy atom. The smallest absolute Gasteiger partial charge is 0.0271 e. The summed E-state index contributed by atoms with van der Waals surface area (Å²) in [7, 11) is 0. The highest BCUT2D eigenvalue weighted by Gasteiger charge is 2.57. The minimum atomic E-state index is 0.352. The number of fused-ring (bicyclic) bond motifs is 2. The van der Waals surface area contributed by atoms with Crippen LogP contribution in [0.15, 0.2) is 84.9 Å². The molecule has 0 saturated heterocycles. The van der Waals surface area contributed by atoms with Crippen LogP contribution in [-0.2, 0) is 31.1 Å². The summed E-state index contributed by atoms with van der Waals surface area (Å²) in [6.45, 7) is 8.88. The van der Waals surface area contributed by atoms with E-state index in [-0.39, 0.29) is 0 Å². The fraction of sp³-hybridized carbons (Fsp3) is 0.455. The molecule has 0 amide bonds. The van der Waals surface area contributed by atoms with E-state index in [0.29, 0.717) is 5.41 Å². The number of aryl methyl sites for hydroxylation is 4. The summed E-state index contributed by atoms with van der Waals surface area (Å²) in [6, 6.07) is 32.7. The van der Waals surface area contributed by atoms with Gasteiger partial charge in [0.15, 0.2) is 0 Å². The van der Waals surface area contributed by atoms with Crippen molar-refractivity contribution in [3.63, 3.8) is 0 Å². The lowest BCUT2D eigenvalue weighted by Crippen LogP contribution is -2.40. The third kappa shape index (κ3) is 5.71. The molecule has 4 aromatic rings. The Labute approximate surface area is 267 Å². The third-order valence-corrected chi connectivity index (χ3v) is 11.8. The SMILES string of the molecule is Cc1ccc2c(c1)C[C@@H]1CCC[C@H]3Cc4cc(C)ccc4C213.Cc1cccc(C[C@@H]2CCC[C@@H](Cc3cccc(C)c3)C2)c1. The summed E-state index contributed by atoms with van der Waals surface area (Å²) < 4.78 is 0. The molecule has 4 aromatic carbocycles. The van der Waals surface area contributed by atoms with Gasteiger partial charge in [0.2, 0.25) is 0 Å². The van der Waals surface area contributed by atoms with Crippen molar-refractivity contribution in [2.45, 2.75) is 104 Å². The normalized spacial score (nSPS) is 26.5. The zero-order valence-electron chi connectivity index (χ0n) is 27.7. The fourth-order valence-electron chi connectivity index (χ4n) is 10.2. The lowest BCUT2D eigenvalue weighted by atomic mass is 9.59. The van der Waals surface area contributed by atoms with E-state index in [1.807, 2.05) is 0 Å². The highest BCUT2D eigenvalue weighted by atomic mass is 14.6. The average Bonchev–Trinajstić information content (AvgIpc) is 3.50. The van der Waals surface area contributed by atoms with E-state index in [0.717, 1.165) is 23.7 Å². The maximum absolute atomic E-state index is 2.47. The molecule has 0 bridgehead atoms. The lowest BCUT2D eigenvalue weighted by Gasteiger charge is -2.43. The average molecular weight is 581 g/mol. The van der Waals surface area contributed by atoms with Gasteiger partial charge in [-0.2, -0.15) is 0 Å². The fourth-order valence-corrected chi connectivity index (χ4v) is 10.2. The van der Waals surface area contributed by atoms with E-state index >= 15 is 0 Å².